The first-order chi connectivity index (χ1) is 12.2. The zero-order valence-electron chi connectivity index (χ0n) is 14.2. The van der Waals surface area contributed by atoms with Crippen molar-refractivity contribution in [1.82, 2.24) is 24.7 Å². The Morgan fingerprint density at radius 2 is 2.04 bits per heavy atom. The third kappa shape index (κ3) is 3.28. The second-order valence-electron chi connectivity index (χ2n) is 6.26. The third-order valence-corrected chi connectivity index (χ3v) is 4.71. The Morgan fingerprint density at radius 3 is 2.84 bits per heavy atom. The smallest absolute Gasteiger partial charge is 0.255 e. The van der Waals surface area contributed by atoms with Crippen LogP contribution >= 0.6 is 0 Å². The van der Waals surface area contributed by atoms with Gasteiger partial charge in [0.1, 0.15) is 5.82 Å². The van der Waals surface area contributed by atoms with Gasteiger partial charge in [-0.15, -0.1) is 0 Å². The number of hydrogen-bond donors (Lipinski definition) is 0. The fraction of sp³-hybridized carbons (Fsp3) is 0.625. The van der Waals surface area contributed by atoms with E-state index in [4.69, 9.17) is 19.6 Å². The summed E-state index contributed by atoms with van der Waals surface area (Å²) in [6.07, 6.45) is 3.86. The van der Waals surface area contributed by atoms with E-state index < -0.39 is 5.82 Å². The molecule has 2 aliphatic heterocycles. The van der Waals surface area contributed by atoms with Gasteiger partial charge in [-0.25, -0.2) is 14.6 Å². The van der Waals surface area contributed by atoms with Crippen molar-refractivity contribution in [1.29, 1.82) is 0 Å². The molecule has 0 unspecified atom stereocenters. The zero-order valence-corrected chi connectivity index (χ0v) is 14.2. The van der Waals surface area contributed by atoms with Crippen LogP contribution in [0.25, 0.3) is 0 Å². The molecule has 4 rings (SSSR count). The van der Waals surface area contributed by atoms with Gasteiger partial charge in [0, 0.05) is 38.6 Å². The summed E-state index contributed by atoms with van der Waals surface area (Å²) in [6.45, 7) is 3.67. The van der Waals surface area contributed by atoms with Gasteiger partial charge in [-0.2, -0.15) is 14.5 Å². The van der Waals surface area contributed by atoms with Crippen molar-refractivity contribution in [2.24, 2.45) is 0 Å². The molecule has 0 saturated carbocycles. The lowest BCUT2D eigenvalue weighted by molar-refractivity contribution is 0.0835. The topological polar surface area (TPSA) is 78.2 Å². The van der Waals surface area contributed by atoms with E-state index in [0.29, 0.717) is 31.5 Å². The van der Waals surface area contributed by atoms with E-state index in [9.17, 15) is 4.39 Å². The molecule has 0 aromatic carbocycles. The predicted molar refractivity (Wildman–Crippen MR) is 87.3 cm³/mol. The third-order valence-electron chi connectivity index (χ3n) is 4.71. The lowest BCUT2D eigenvalue weighted by Crippen LogP contribution is -2.29. The lowest BCUT2D eigenvalue weighted by Gasteiger charge is -2.20. The number of hydrogen-bond acceptors (Lipinski definition) is 7. The first-order valence-corrected chi connectivity index (χ1v) is 8.57. The van der Waals surface area contributed by atoms with E-state index in [1.54, 1.807) is 0 Å². The van der Waals surface area contributed by atoms with Gasteiger partial charge in [-0.05, 0) is 12.8 Å². The van der Waals surface area contributed by atoms with Gasteiger partial charge in [0.2, 0.25) is 11.8 Å². The van der Waals surface area contributed by atoms with E-state index in [1.165, 1.54) is 7.11 Å². The van der Waals surface area contributed by atoms with Crippen molar-refractivity contribution in [3.8, 4) is 5.88 Å². The summed E-state index contributed by atoms with van der Waals surface area (Å²) in [5.41, 5.74) is 0. The normalized spacial score (nSPS) is 18.7. The summed E-state index contributed by atoms with van der Waals surface area (Å²) >= 11 is 0. The number of rotatable bonds is 3. The Kier molecular flexibility index (Phi) is 4.48. The van der Waals surface area contributed by atoms with Crippen molar-refractivity contribution >= 4 is 5.95 Å². The van der Waals surface area contributed by atoms with Crippen molar-refractivity contribution in [3.05, 3.63) is 23.7 Å². The highest BCUT2D eigenvalue weighted by molar-refractivity contribution is 5.33. The molecule has 0 atom stereocenters. The molecule has 0 spiro atoms. The second-order valence-corrected chi connectivity index (χ2v) is 6.26. The van der Waals surface area contributed by atoms with Crippen LogP contribution in [0, 0.1) is 5.82 Å². The quantitative estimate of drug-likeness (QED) is 0.824. The van der Waals surface area contributed by atoms with Crippen LogP contribution in [-0.2, 0) is 17.7 Å². The number of fused-ring (bicyclic) bond motifs is 1. The molecule has 2 aromatic rings. The van der Waals surface area contributed by atoms with Crippen molar-refractivity contribution < 1.29 is 13.9 Å². The number of halogens is 1. The minimum Gasteiger partial charge on any atom is -0.479 e. The van der Waals surface area contributed by atoms with Crippen LogP contribution < -0.4 is 9.64 Å². The molecule has 2 aliphatic rings. The average molecular weight is 348 g/mol. The van der Waals surface area contributed by atoms with E-state index >= 15 is 0 Å². The highest BCUT2D eigenvalue weighted by Crippen LogP contribution is 2.25. The highest BCUT2D eigenvalue weighted by Gasteiger charge is 2.24. The summed E-state index contributed by atoms with van der Waals surface area (Å²) in [7, 11) is 1.40. The van der Waals surface area contributed by atoms with Crippen LogP contribution in [-0.4, -0.2) is 58.1 Å². The number of aromatic nitrogens is 5. The maximum atomic E-state index is 13.5. The van der Waals surface area contributed by atoms with Crippen LogP contribution in [0.1, 0.15) is 30.4 Å². The van der Waals surface area contributed by atoms with Crippen LogP contribution in [0.5, 0.6) is 5.88 Å². The summed E-state index contributed by atoms with van der Waals surface area (Å²) in [5, 5.41) is 4.71. The molecule has 0 amide bonds. The maximum absolute atomic E-state index is 13.5. The standard InChI is InChI=1S/C16H21FN6O2/c1-24-15-12(17)10-18-16(20-15)22-5-2-13-19-14(21-23(13)7-6-22)11-3-8-25-9-4-11/h10-11H,2-9H2,1H3. The molecule has 1 saturated heterocycles. The minimum absolute atomic E-state index is 0.0353. The van der Waals surface area contributed by atoms with E-state index in [1.807, 2.05) is 9.58 Å². The Balaban J connectivity index is 1.48. The number of ether oxygens (including phenoxy) is 2. The zero-order chi connectivity index (χ0) is 17.2. The molecular weight excluding hydrogens is 327 g/mol. The van der Waals surface area contributed by atoms with E-state index in [2.05, 4.69) is 9.97 Å². The largest absolute Gasteiger partial charge is 0.479 e. The molecule has 134 valence electrons. The van der Waals surface area contributed by atoms with Gasteiger partial charge in [0.15, 0.2) is 5.82 Å². The molecule has 0 radical (unpaired) electrons. The SMILES string of the molecule is COc1nc(N2CCc3nc(C4CCOCC4)nn3CC2)ncc1F. The molecule has 0 bridgehead atoms. The summed E-state index contributed by atoms with van der Waals surface area (Å²) < 4.78 is 25.8. The monoisotopic (exact) mass is 348 g/mol. The molecule has 0 aliphatic carbocycles. The van der Waals surface area contributed by atoms with Crippen molar-refractivity contribution in [2.75, 3.05) is 38.3 Å². The summed E-state index contributed by atoms with van der Waals surface area (Å²) in [4.78, 5) is 15.0. The van der Waals surface area contributed by atoms with Crippen molar-refractivity contribution in [2.45, 2.75) is 31.7 Å². The van der Waals surface area contributed by atoms with Crippen LogP contribution in [0.2, 0.25) is 0 Å². The Bertz CT molecular complexity index is 721. The minimum atomic E-state index is -0.559. The summed E-state index contributed by atoms with van der Waals surface area (Å²) in [6, 6.07) is 0. The van der Waals surface area contributed by atoms with Crippen molar-refractivity contribution in [3.63, 3.8) is 0 Å². The molecule has 2 aromatic heterocycles. The fourth-order valence-corrected chi connectivity index (χ4v) is 3.29. The molecule has 1 fully saturated rings. The molecular formula is C16H21FN6O2. The van der Waals surface area contributed by atoms with Crippen LogP contribution in [0.4, 0.5) is 10.3 Å². The van der Waals surface area contributed by atoms with Crippen LogP contribution in [0.15, 0.2) is 6.20 Å². The molecule has 0 N–H and O–H groups in total. The molecule has 9 heteroatoms. The van der Waals surface area contributed by atoms with Gasteiger partial charge in [0.05, 0.1) is 19.9 Å². The Hall–Kier alpha value is -2.29. The predicted octanol–water partition coefficient (Wildman–Crippen LogP) is 1.17. The van der Waals surface area contributed by atoms with Gasteiger partial charge in [0.25, 0.3) is 5.88 Å². The Morgan fingerprint density at radius 1 is 1.20 bits per heavy atom. The van der Waals surface area contributed by atoms with Gasteiger partial charge >= 0.3 is 0 Å². The fourth-order valence-electron chi connectivity index (χ4n) is 3.29. The second kappa shape index (κ2) is 6.91. The van der Waals surface area contributed by atoms with Crippen LogP contribution in [0.3, 0.4) is 0 Å². The number of methoxy groups -OCH3 is 1. The van der Waals surface area contributed by atoms with Gasteiger partial charge in [-0.3, -0.25) is 0 Å². The van der Waals surface area contributed by atoms with Gasteiger partial charge in [-0.1, -0.05) is 0 Å². The summed E-state index contributed by atoms with van der Waals surface area (Å²) in [5.74, 6) is 2.19. The number of nitrogens with zero attached hydrogens (tertiary/aromatic N) is 6. The molecule has 4 heterocycles. The maximum Gasteiger partial charge on any atom is 0.255 e. The average Bonchev–Trinajstić information content (AvgIpc) is 2.96. The first-order valence-electron chi connectivity index (χ1n) is 8.57. The first kappa shape index (κ1) is 16.2. The van der Waals surface area contributed by atoms with E-state index in [-0.39, 0.29) is 5.88 Å². The lowest BCUT2D eigenvalue weighted by atomic mass is 10.00. The van der Waals surface area contributed by atoms with E-state index in [0.717, 1.165) is 50.3 Å². The Labute approximate surface area is 145 Å². The number of anilines is 1. The van der Waals surface area contributed by atoms with Gasteiger partial charge < -0.3 is 14.4 Å². The highest BCUT2D eigenvalue weighted by atomic mass is 19.1. The molecule has 25 heavy (non-hydrogen) atoms. The molecule has 8 nitrogen and oxygen atoms in total.